The molecule has 0 saturated carbocycles. The number of aromatic amines is 2. The predicted molar refractivity (Wildman–Crippen MR) is 347 cm³/mol. The Bertz CT molecular complexity index is 4110. The van der Waals surface area contributed by atoms with Gasteiger partial charge < -0.3 is 64.5 Å². The number of nitrogens with zero attached hydrogens (tertiary/aromatic N) is 6. The summed E-state index contributed by atoms with van der Waals surface area (Å²) >= 11 is 6.05. The van der Waals surface area contributed by atoms with Gasteiger partial charge in [0, 0.05) is 124 Å². The van der Waals surface area contributed by atoms with Crippen LogP contribution in [0.25, 0.3) is 32.8 Å². The number of aliphatic hydroxyl groups is 2. The Morgan fingerprint density at radius 3 is 2.23 bits per heavy atom. The topological polar surface area (TPSA) is 288 Å². The van der Waals surface area contributed by atoms with Crippen molar-refractivity contribution in [3.05, 3.63) is 126 Å². The lowest BCUT2D eigenvalue weighted by molar-refractivity contribution is -0.160. The van der Waals surface area contributed by atoms with Crippen molar-refractivity contribution in [1.82, 2.24) is 28.9 Å². The fourth-order valence-electron chi connectivity index (χ4n) is 13.9. The van der Waals surface area contributed by atoms with Crippen LogP contribution in [-0.2, 0) is 30.3 Å². The van der Waals surface area contributed by atoms with Gasteiger partial charge in [0.25, 0.3) is 11.7 Å². The molecule has 2 aromatic heterocycles. The maximum atomic E-state index is 14.7. The fraction of sp³-hybridized carbons (Fsp3) is 0.515. The van der Waals surface area contributed by atoms with Crippen molar-refractivity contribution in [3.63, 3.8) is 0 Å². The number of benzene rings is 4. The van der Waals surface area contributed by atoms with Crippen molar-refractivity contribution in [2.24, 2.45) is 39.6 Å². The van der Waals surface area contributed by atoms with Crippen molar-refractivity contribution in [2.45, 2.75) is 150 Å². The lowest BCUT2D eigenvalue weighted by Gasteiger charge is -2.38. The molecule has 1 spiro atoms. The quantitative estimate of drug-likeness (QED) is 0.0531. The number of allylic oxidation sites excluding steroid dienone is 2. The highest BCUT2D eigenvalue weighted by molar-refractivity contribution is 6.31. The molecule has 9 atom stereocenters. The van der Waals surface area contributed by atoms with Crippen molar-refractivity contribution in [2.75, 3.05) is 51.7 Å². The second kappa shape index (κ2) is 26.9. The van der Waals surface area contributed by atoms with E-state index >= 15 is 0 Å². The smallest absolute Gasteiger partial charge is 0.326 e. The number of H-pyrrole nitrogens is 2. The van der Waals surface area contributed by atoms with E-state index in [4.69, 9.17) is 35.5 Å². The van der Waals surface area contributed by atoms with Gasteiger partial charge in [0.15, 0.2) is 5.75 Å². The van der Waals surface area contributed by atoms with E-state index in [1.165, 1.54) is 27.2 Å². The third kappa shape index (κ3) is 13.3. The Labute approximate surface area is 532 Å². The SMILES string of the molecule is CO[C@H]1/C=C/O[C@@]2(C)Oc3c(C)c(O)c4c(O)c(c5c(c4c3C2=O)NC2(CCN(CC(C)C)CC2)N=5)=NC(=O)/C(C)=C\C=C\[C@H](C)[C@H](O)[C@@H](C)[C@@H](O)[C@@H](C)[C@H](OC(C)=O)[C@@H]1C.O=c1[nH]c2ccccc2n1CCCN1CCC(n2c(=O)[nH]c3cc(Cl)ccc32)CC1. The first-order valence-corrected chi connectivity index (χ1v) is 32.0. The number of imidazole rings is 2. The summed E-state index contributed by atoms with van der Waals surface area (Å²) in [6.45, 7) is 23.1. The van der Waals surface area contributed by atoms with E-state index in [0.29, 0.717) is 36.0 Å². The number of nitrogens with one attached hydrogen (secondary N) is 3. The molecule has 0 radical (unpaired) electrons. The van der Waals surface area contributed by atoms with Crippen LogP contribution in [0.5, 0.6) is 17.2 Å². The zero-order valence-electron chi connectivity index (χ0n) is 53.7. The predicted octanol–water partition coefficient (Wildman–Crippen LogP) is 8.10. The zero-order valence-corrected chi connectivity index (χ0v) is 54.5. The number of ketones is 1. The first kappa shape index (κ1) is 66.3. The first-order valence-electron chi connectivity index (χ1n) is 31.6. The number of hydrogen-bond donors (Lipinski definition) is 7. The molecule has 7 N–H and O–H groups in total. The number of likely N-dealkylation sites (tertiary alicyclic amines) is 2. The lowest BCUT2D eigenvalue weighted by Crippen LogP contribution is -2.47. The Morgan fingerprint density at radius 1 is 0.835 bits per heavy atom. The molecular formula is C68H86ClN9O13. The van der Waals surface area contributed by atoms with Gasteiger partial charge in [-0.15, -0.1) is 0 Å². The summed E-state index contributed by atoms with van der Waals surface area (Å²) in [6.07, 6.45) is 7.85. The van der Waals surface area contributed by atoms with Crippen LogP contribution in [0.15, 0.2) is 98.2 Å². The number of esters is 1. The Kier molecular flexibility index (Phi) is 19.6. The molecular weight excluding hydrogens is 1190 g/mol. The summed E-state index contributed by atoms with van der Waals surface area (Å²) in [5, 5.41) is 51.2. The minimum absolute atomic E-state index is 0.0475. The normalized spacial score (nSPS) is 27.2. The molecule has 91 heavy (non-hydrogen) atoms. The van der Waals surface area contributed by atoms with Crippen LogP contribution in [0.3, 0.4) is 0 Å². The molecule has 22 nitrogen and oxygen atoms in total. The second-order valence-corrected chi connectivity index (χ2v) is 26.4. The lowest BCUT2D eigenvalue weighted by atomic mass is 9.78. The summed E-state index contributed by atoms with van der Waals surface area (Å²) < 4.78 is 27.7. The molecule has 0 unspecified atom stereocenters. The molecule has 7 heterocycles. The number of methoxy groups -OCH3 is 1. The molecule has 5 aliphatic rings. The van der Waals surface area contributed by atoms with E-state index in [9.17, 15) is 44.4 Å². The molecule has 4 aromatic carbocycles. The Morgan fingerprint density at radius 2 is 1.54 bits per heavy atom. The molecule has 2 fully saturated rings. The summed E-state index contributed by atoms with van der Waals surface area (Å²) in [6, 6.07) is 13.5. The number of rotatable bonds is 9. The standard InChI is InChI=1S/C46H62N4O11.C22H24ClN5O2/c1-22(2)21-50-18-16-46(17-19-50)48-34-31-32-39(54)28(8)42-33(31)43(56)45(10,61-42)59-20-15-30(58-11)25(5)41(60-29(9)51)27(7)38(53)26(6)37(52)23(3)13-12-14-24(4)44(57)47-36(40(32)55)35(34)49-46;23-15-6-7-20-18(14-15)25-22(30)28(20)16-8-12-26(13-9-16)10-3-11-27-19-5-2-1-4-17(19)24-21(27)29/h12-15,20,22-23,25-27,30,37-38,41,48,52-55H,16-19,21H2,1-11H3;1-2,4-7,14,16H,3,8-13H2,(H,24,29)(H,25,30)/b13-12+,20-15+,24-14-,47-36?;/t23-,25+,26+,27+,30-,37-,38+,41+,45-;/m0./s1. The number of phenols is 2. The van der Waals surface area contributed by atoms with E-state index in [-0.39, 0.29) is 67.1 Å². The number of piperidine rings is 2. The van der Waals surface area contributed by atoms with Gasteiger partial charge in [-0.1, -0.05) is 83.5 Å². The average molecular weight is 1270 g/mol. The number of anilines is 1. The van der Waals surface area contributed by atoms with E-state index in [2.05, 4.69) is 43.9 Å². The number of hydrogen-bond acceptors (Lipinski definition) is 17. The number of para-hydroxylation sites is 2. The molecule has 11 rings (SSSR count). The van der Waals surface area contributed by atoms with Gasteiger partial charge in [-0.05, 0) is 82.0 Å². The Hall–Kier alpha value is -7.60. The van der Waals surface area contributed by atoms with E-state index in [1.54, 1.807) is 71.9 Å². The van der Waals surface area contributed by atoms with Crippen molar-refractivity contribution < 1.29 is 53.8 Å². The highest BCUT2D eigenvalue weighted by atomic mass is 35.5. The highest BCUT2D eigenvalue weighted by Gasteiger charge is 2.51. The van der Waals surface area contributed by atoms with Crippen molar-refractivity contribution >= 4 is 67.8 Å². The van der Waals surface area contributed by atoms with Crippen molar-refractivity contribution in [1.29, 1.82) is 0 Å². The summed E-state index contributed by atoms with van der Waals surface area (Å²) in [5.74, 6) is -6.57. The number of phenolic OH excluding ortho intramolecular Hbond substituents is 2. The van der Waals surface area contributed by atoms with Crippen molar-refractivity contribution in [3.8, 4) is 17.2 Å². The van der Waals surface area contributed by atoms with Gasteiger partial charge in [-0.25, -0.2) is 14.6 Å². The summed E-state index contributed by atoms with van der Waals surface area (Å²) in [7, 11) is 1.47. The third-order valence-electron chi connectivity index (χ3n) is 19.1. The number of carbonyl (C=O) groups excluding carboxylic acids is 3. The number of Topliss-reactive ketones (excluding diaryl/α,β-unsaturated/α-hetero) is 1. The van der Waals surface area contributed by atoms with Gasteiger partial charge in [0.05, 0.1) is 63.3 Å². The number of aryl methyl sites for hydroxylation is 1. The Balaban J connectivity index is 0.000000251. The molecule has 488 valence electrons. The number of amides is 1. The third-order valence-corrected chi connectivity index (χ3v) is 19.3. The van der Waals surface area contributed by atoms with Crippen LogP contribution in [0.1, 0.15) is 116 Å². The van der Waals surface area contributed by atoms with Crippen LogP contribution in [0.4, 0.5) is 5.69 Å². The monoisotopic (exact) mass is 1270 g/mol. The average Bonchev–Trinajstić information content (AvgIpc) is 1.58. The fourth-order valence-corrected chi connectivity index (χ4v) is 14.1. The number of carbonyl (C=O) groups is 3. The molecule has 6 aromatic rings. The minimum atomic E-state index is -1.95. The second-order valence-electron chi connectivity index (χ2n) is 26.0. The number of ether oxygens (including phenoxy) is 4. The molecule has 0 aliphatic carbocycles. The molecule has 2 saturated heterocycles. The summed E-state index contributed by atoms with van der Waals surface area (Å²) in [5.41, 5.74) is 3.33. The zero-order chi connectivity index (χ0) is 65.5. The van der Waals surface area contributed by atoms with E-state index in [1.807, 2.05) is 45.5 Å². The molecule has 5 aliphatic heterocycles. The van der Waals surface area contributed by atoms with Gasteiger partial charge >= 0.3 is 23.1 Å². The van der Waals surface area contributed by atoms with Crippen LogP contribution >= 0.6 is 11.6 Å². The van der Waals surface area contributed by atoms with Gasteiger partial charge in [0.2, 0.25) is 0 Å². The van der Waals surface area contributed by atoms with Gasteiger partial charge in [-0.2, -0.15) is 0 Å². The molecule has 23 heteroatoms. The van der Waals surface area contributed by atoms with Gasteiger partial charge in [-0.3, -0.25) is 28.5 Å². The summed E-state index contributed by atoms with van der Waals surface area (Å²) in [4.78, 5) is 85.8. The number of aromatic nitrogens is 4. The van der Waals surface area contributed by atoms with Crippen LogP contribution in [0, 0.1) is 36.5 Å². The maximum absolute atomic E-state index is 14.7. The first-order chi connectivity index (χ1) is 43.2. The number of fused-ring (bicyclic) bond motifs is 3. The van der Waals surface area contributed by atoms with Crippen LogP contribution < -0.4 is 32.1 Å². The van der Waals surface area contributed by atoms with E-state index in [0.717, 1.165) is 80.6 Å². The van der Waals surface area contributed by atoms with Gasteiger partial charge in [0.1, 0.15) is 34.0 Å². The number of aromatic hydroxyl groups is 2. The minimum Gasteiger partial charge on any atom is -0.507 e. The largest absolute Gasteiger partial charge is 0.507 e. The highest BCUT2D eigenvalue weighted by Crippen LogP contribution is 2.51. The molecule has 1 amide bonds. The molecule has 4 bridgehead atoms. The number of aliphatic hydroxyl groups excluding tert-OH is 2. The van der Waals surface area contributed by atoms with E-state index < -0.39 is 82.9 Å². The van der Waals surface area contributed by atoms with Crippen LogP contribution in [-0.4, -0.2) is 149 Å². The number of halogens is 1. The maximum Gasteiger partial charge on any atom is 0.326 e. The van der Waals surface area contributed by atoms with Crippen LogP contribution in [0.2, 0.25) is 5.02 Å².